The first-order valence-corrected chi connectivity index (χ1v) is 7.35. The highest BCUT2D eigenvalue weighted by Gasteiger charge is 2.08. The topological polar surface area (TPSA) is 54.1 Å². The standard InChI is InChI=1S/C18H17FN2O2/c1-23-15-5-6-17-16(10-15)13(11-21-17)7-8-20-18(22)12-3-2-4-14(19)9-12/h2-6,9-11,21H,7-8H2,1H3,(H,20,22). The van der Waals surface area contributed by atoms with Crippen LogP contribution in [0.25, 0.3) is 10.9 Å². The molecule has 1 aromatic heterocycles. The van der Waals surface area contributed by atoms with E-state index in [0.717, 1.165) is 22.2 Å². The van der Waals surface area contributed by atoms with E-state index in [1.807, 2.05) is 24.4 Å². The monoisotopic (exact) mass is 312 g/mol. The van der Waals surface area contributed by atoms with E-state index in [1.54, 1.807) is 13.2 Å². The second-order valence-corrected chi connectivity index (χ2v) is 5.24. The fourth-order valence-electron chi connectivity index (χ4n) is 2.53. The van der Waals surface area contributed by atoms with Crippen LogP contribution in [0, 0.1) is 5.82 Å². The Morgan fingerprint density at radius 1 is 1.26 bits per heavy atom. The first-order valence-electron chi connectivity index (χ1n) is 7.35. The summed E-state index contributed by atoms with van der Waals surface area (Å²) in [5, 5.41) is 3.88. The number of carbonyl (C=O) groups is 1. The molecule has 1 heterocycles. The Morgan fingerprint density at radius 3 is 2.91 bits per heavy atom. The number of benzene rings is 2. The fourth-order valence-corrected chi connectivity index (χ4v) is 2.53. The van der Waals surface area contributed by atoms with Gasteiger partial charge in [-0.05, 0) is 48.4 Å². The lowest BCUT2D eigenvalue weighted by molar-refractivity contribution is 0.0953. The SMILES string of the molecule is COc1ccc2[nH]cc(CCNC(=O)c3cccc(F)c3)c2c1. The number of methoxy groups -OCH3 is 1. The number of hydrogen-bond donors (Lipinski definition) is 2. The van der Waals surface area contributed by atoms with Crippen LogP contribution >= 0.6 is 0 Å². The van der Waals surface area contributed by atoms with Crippen molar-refractivity contribution in [2.45, 2.75) is 6.42 Å². The van der Waals surface area contributed by atoms with Gasteiger partial charge in [0.1, 0.15) is 11.6 Å². The van der Waals surface area contributed by atoms with Crippen molar-refractivity contribution in [3.05, 3.63) is 65.6 Å². The largest absolute Gasteiger partial charge is 0.497 e. The van der Waals surface area contributed by atoms with Gasteiger partial charge in [0.25, 0.3) is 5.91 Å². The van der Waals surface area contributed by atoms with Gasteiger partial charge in [0.2, 0.25) is 0 Å². The smallest absolute Gasteiger partial charge is 0.251 e. The number of carbonyl (C=O) groups excluding carboxylic acids is 1. The average molecular weight is 312 g/mol. The van der Waals surface area contributed by atoms with E-state index in [2.05, 4.69) is 10.3 Å². The summed E-state index contributed by atoms with van der Waals surface area (Å²) < 4.78 is 18.4. The van der Waals surface area contributed by atoms with Crippen molar-refractivity contribution in [2.75, 3.05) is 13.7 Å². The van der Waals surface area contributed by atoms with E-state index >= 15 is 0 Å². The Kier molecular flexibility index (Phi) is 4.28. The molecule has 0 atom stereocenters. The van der Waals surface area contributed by atoms with Gasteiger partial charge in [-0.2, -0.15) is 0 Å². The highest BCUT2D eigenvalue weighted by molar-refractivity contribution is 5.94. The Balaban J connectivity index is 1.66. The van der Waals surface area contributed by atoms with Gasteiger partial charge in [0.05, 0.1) is 7.11 Å². The molecule has 0 fully saturated rings. The Hall–Kier alpha value is -2.82. The summed E-state index contributed by atoms with van der Waals surface area (Å²) in [6.07, 6.45) is 2.60. The normalized spacial score (nSPS) is 10.7. The van der Waals surface area contributed by atoms with Gasteiger partial charge in [0.15, 0.2) is 0 Å². The minimum Gasteiger partial charge on any atom is -0.497 e. The lowest BCUT2D eigenvalue weighted by Gasteiger charge is -2.05. The molecular weight excluding hydrogens is 295 g/mol. The van der Waals surface area contributed by atoms with Crippen LogP contribution < -0.4 is 10.1 Å². The molecular formula is C18H17FN2O2. The molecule has 4 nitrogen and oxygen atoms in total. The molecule has 3 rings (SSSR count). The zero-order valence-electron chi connectivity index (χ0n) is 12.7. The summed E-state index contributed by atoms with van der Waals surface area (Å²) in [4.78, 5) is 15.2. The first-order chi connectivity index (χ1) is 11.2. The van der Waals surface area contributed by atoms with Crippen molar-refractivity contribution in [2.24, 2.45) is 0 Å². The highest BCUT2D eigenvalue weighted by atomic mass is 19.1. The molecule has 2 N–H and O–H groups in total. The van der Waals surface area contributed by atoms with E-state index in [0.29, 0.717) is 18.5 Å². The molecule has 0 aliphatic heterocycles. The Bertz CT molecular complexity index is 842. The summed E-state index contributed by atoms with van der Waals surface area (Å²) in [6, 6.07) is 11.5. The third kappa shape index (κ3) is 3.34. The van der Waals surface area contributed by atoms with Crippen molar-refractivity contribution < 1.29 is 13.9 Å². The molecule has 0 aliphatic carbocycles. The molecule has 0 bridgehead atoms. The summed E-state index contributed by atoms with van der Waals surface area (Å²) >= 11 is 0. The van der Waals surface area contributed by atoms with Crippen LogP contribution in [0.2, 0.25) is 0 Å². The highest BCUT2D eigenvalue weighted by Crippen LogP contribution is 2.23. The molecule has 0 saturated carbocycles. The molecule has 23 heavy (non-hydrogen) atoms. The molecule has 3 aromatic rings. The van der Waals surface area contributed by atoms with Crippen LogP contribution in [-0.4, -0.2) is 24.5 Å². The summed E-state index contributed by atoms with van der Waals surface area (Å²) in [7, 11) is 1.63. The van der Waals surface area contributed by atoms with E-state index < -0.39 is 5.82 Å². The minimum atomic E-state index is -0.415. The van der Waals surface area contributed by atoms with Gasteiger partial charge < -0.3 is 15.0 Å². The van der Waals surface area contributed by atoms with E-state index in [4.69, 9.17) is 4.74 Å². The van der Waals surface area contributed by atoms with Gasteiger partial charge in [0, 0.05) is 29.2 Å². The minimum absolute atomic E-state index is 0.276. The number of H-pyrrole nitrogens is 1. The summed E-state index contributed by atoms with van der Waals surface area (Å²) in [5.74, 6) is 0.102. The lowest BCUT2D eigenvalue weighted by atomic mass is 10.1. The third-order valence-electron chi connectivity index (χ3n) is 3.74. The number of hydrogen-bond acceptors (Lipinski definition) is 2. The maximum Gasteiger partial charge on any atom is 0.251 e. The van der Waals surface area contributed by atoms with Crippen LogP contribution in [0.5, 0.6) is 5.75 Å². The van der Waals surface area contributed by atoms with Crippen LogP contribution in [0.3, 0.4) is 0 Å². The third-order valence-corrected chi connectivity index (χ3v) is 3.74. The van der Waals surface area contributed by atoms with Gasteiger partial charge >= 0.3 is 0 Å². The van der Waals surface area contributed by atoms with E-state index in [1.165, 1.54) is 18.2 Å². The number of fused-ring (bicyclic) bond motifs is 1. The molecule has 0 aliphatic rings. The molecule has 1 amide bonds. The molecule has 0 saturated heterocycles. The molecule has 0 radical (unpaired) electrons. The second-order valence-electron chi connectivity index (χ2n) is 5.24. The fraction of sp³-hybridized carbons (Fsp3) is 0.167. The van der Waals surface area contributed by atoms with Crippen LogP contribution in [0.15, 0.2) is 48.7 Å². The average Bonchev–Trinajstić information content (AvgIpc) is 2.97. The van der Waals surface area contributed by atoms with Crippen molar-refractivity contribution in [1.82, 2.24) is 10.3 Å². The van der Waals surface area contributed by atoms with Crippen molar-refractivity contribution >= 4 is 16.8 Å². The van der Waals surface area contributed by atoms with Crippen LogP contribution in [-0.2, 0) is 6.42 Å². The Labute approximate surface area is 133 Å². The number of rotatable bonds is 5. The predicted octanol–water partition coefficient (Wildman–Crippen LogP) is 3.29. The van der Waals surface area contributed by atoms with E-state index in [-0.39, 0.29) is 5.91 Å². The zero-order chi connectivity index (χ0) is 16.2. The summed E-state index contributed by atoms with van der Waals surface area (Å²) in [6.45, 7) is 0.472. The molecule has 5 heteroatoms. The van der Waals surface area contributed by atoms with Crippen molar-refractivity contribution in [3.8, 4) is 5.75 Å². The van der Waals surface area contributed by atoms with Crippen molar-refractivity contribution in [3.63, 3.8) is 0 Å². The number of amides is 1. The van der Waals surface area contributed by atoms with Gasteiger partial charge in [-0.3, -0.25) is 4.79 Å². The molecule has 0 unspecified atom stereocenters. The zero-order valence-corrected chi connectivity index (χ0v) is 12.7. The van der Waals surface area contributed by atoms with Gasteiger partial charge in [-0.25, -0.2) is 4.39 Å². The second kappa shape index (κ2) is 6.52. The Morgan fingerprint density at radius 2 is 2.13 bits per heavy atom. The van der Waals surface area contributed by atoms with Crippen LogP contribution in [0.1, 0.15) is 15.9 Å². The van der Waals surface area contributed by atoms with E-state index in [9.17, 15) is 9.18 Å². The van der Waals surface area contributed by atoms with Gasteiger partial charge in [-0.1, -0.05) is 6.07 Å². The number of ether oxygens (including phenoxy) is 1. The maximum absolute atomic E-state index is 13.1. The van der Waals surface area contributed by atoms with Crippen molar-refractivity contribution in [1.29, 1.82) is 0 Å². The summed E-state index contributed by atoms with van der Waals surface area (Å²) in [5.41, 5.74) is 2.45. The van der Waals surface area contributed by atoms with Crippen LogP contribution in [0.4, 0.5) is 4.39 Å². The number of aromatic amines is 1. The molecule has 2 aromatic carbocycles. The predicted molar refractivity (Wildman–Crippen MR) is 87.3 cm³/mol. The van der Waals surface area contributed by atoms with Gasteiger partial charge in [-0.15, -0.1) is 0 Å². The molecule has 118 valence electrons. The number of halogens is 1. The molecule has 0 spiro atoms. The lowest BCUT2D eigenvalue weighted by Crippen LogP contribution is -2.25. The first kappa shape index (κ1) is 15.1. The quantitative estimate of drug-likeness (QED) is 0.759. The maximum atomic E-state index is 13.1. The number of nitrogens with one attached hydrogen (secondary N) is 2. The number of aromatic nitrogens is 1.